The summed E-state index contributed by atoms with van der Waals surface area (Å²) in [5.41, 5.74) is 0. The number of sulfonamides is 1. The van der Waals surface area contributed by atoms with E-state index in [4.69, 9.17) is 4.74 Å². The van der Waals surface area contributed by atoms with E-state index >= 15 is 0 Å². The van der Waals surface area contributed by atoms with Gasteiger partial charge in [-0.05, 0) is 6.07 Å². The summed E-state index contributed by atoms with van der Waals surface area (Å²) in [4.78, 5) is 0. The van der Waals surface area contributed by atoms with Gasteiger partial charge in [0.25, 0.3) is 10.0 Å². The highest BCUT2D eigenvalue weighted by Crippen LogP contribution is 2.02. The van der Waals surface area contributed by atoms with Gasteiger partial charge in [0.1, 0.15) is 0 Å². The van der Waals surface area contributed by atoms with Crippen LogP contribution in [0.3, 0.4) is 0 Å². The summed E-state index contributed by atoms with van der Waals surface area (Å²) in [7, 11) is -3.48. The predicted molar refractivity (Wildman–Crippen MR) is 56.4 cm³/mol. The molecule has 7 nitrogen and oxygen atoms in total. The zero-order valence-corrected chi connectivity index (χ0v) is 9.46. The molecule has 1 aromatic heterocycles. The molecule has 2 heterocycles. The topological polar surface area (TPSA) is 96.1 Å². The fourth-order valence-corrected chi connectivity index (χ4v) is 2.42. The third kappa shape index (κ3) is 2.79. The largest absolute Gasteiger partial charge is 0.378 e. The summed E-state index contributed by atoms with van der Waals surface area (Å²) >= 11 is 0. The molecule has 0 aromatic carbocycles. The van der Waals surface area contributed by atoms with Gasteiger partial charge in [-0.1, -0.05) is 0 Å². The zero-order chi connectivity index (χ0) is 11.4. The van der Waals surface area contributed by atoms with Crippen molar-refractivity contribution in [2.24, 2.45) is 0 Å². The van der Waals surface area contributed by atoms with Crippen LogP contribution in [0.5, 0.6) is 0 Å². The minimum Gasteiger partial charge on any atom is -0.378 e. The fourth-order valence-electron chi connectivity index (χ4n) is 1.43. The molecule has 1 unspecified atom stereocenters. The fraction of sp³-hybridized carbons (Fsp3) is 0.625. The van der Waals surface area contributed by atoms with Crippen molar-refractivity contribution in [1.29, 1.82) is 0 Å². The Labute approximate surface area is 93.6 Å². The van der Waals surface area contributed by atoms with Crippen molar-refractivity contribution in [3.05, 3.63) is 12.3 Å². The molecule has 16 heavy (non-hydrogen) atoms. The molecule has 1 aliphatic rings. The number of hydrogen-bond donors (Lipinski definition) is 3. The molecule has 1 aromatic rings. The van der Waals surface area contributed by atoms with Crippen LogP contribution in [0.25, 0.3) is 0 Å². The Balaban J connectivity index is 1.89. The van der Waals surface area contributed by atoms with Gasteiger partial charge in [0, 0.05) is 19.1 Å². The van der Waals surface area contributed by atoms with Crippen LogP contribution in [0, 0.1) is 0 Å². The summed E-state index contributed by atoms with van der Waals surface area (Å²) in [6, 6.07) is 1.43. The van der Waals surface area contributed by atoms with Crippen LogP contribution in [0.1, 0.15) is 0 Å². The monoisotopic (exact) mass is 246 g/mol. The molecule has 0 spiro atoms. The Hall–Kier alpha value is -0.960. The number of nitrogens with zero attached hydrogens (tertiary/aromatic N) is 1. The van der Waals surface area contributed by atoms with Gasteiger partial charge in [-0.15, -0.1) is 0 Å². The molecular weight excluding hydrogens is 232 g/mol. The smallest absolute Gasteiger partial charge is 0.257 e. The normalized spacial score (nSPS) is 22.1. The third-order valence-corrected chi connectivity index (χ3v) is 3.64. The van der Waals surface area contributed by atoms with Crippen molar-refractivity contribution in [3.8, 4) is 0 Å². The van der Waals surface area contributed by atoms with Crippen molar-refractivity contribution >= 4 is 10.0 Å². The predicted octanol–water partition coefficient (Wildman–Crippen LogP) is -1.32. The Kier molecular flexibility index (Phi) is 3.54. The van der Waals surface area contributed by atoms with E-state index in [1.54, 1.807) is 0 Å². The minimum absolute atomic E-state index is 0.0199. The summed E-state index contributed by atoms with van der Waals surface area (Å²) in [5, 5.41) is 9.24. The van der Waals surface area contributed by atoms with Gasteiger partial charge in [-0.3, -0.25) is 5.10 Å². The maximum Gasteiger partial charge on any atom is 0.257 e. The second-order valence-corrected chi connectivity index (χ2v) is 5.23. The minimum atomic E-state index is -3.48. The lowest BCUT2D eigenvalue weighted by Crippen LogP contribution is -2.48. The van der Waals surface area contributed by atoms with Crippen molar-refractivity contribution in [1.82, 2.24) is 20.2 Å². The number of H-pyrrole nitrogens is 1. The van der Waals surface area contributed by atoms with E-state index in [0.29, 0.717) is 19.8 Å². The van der Waals surface area contributed by atoms with Crippen molar-refractivity contribution in [2.45, 2.75) is 11.1 Å². The first kappa shape index (κ1) is 11.5. The number of nitrogens with one attached hydrogen (secondary N) is 3. The second kappa shape index (κ2) is 4.91. The number of hydrogen-bond acceptors (Lipinski definition) is 5. The average molecular weight is 246 g/mol. The summed E-state index contributed by atoms with van der Waals surface area (Å²) in [5.74, 6) is 0. The first-order valence-electron chi connectivity index (χ1n) is 4.99. The van der Waals surface area contributed by atoms with Crippen LogP contribution >= 0.6 is 0 Å². The lowest BCUT2D eigenvalue weighted by atomic mass is 10.3. The molecule has 1 fully saturated rings. The van der Waals surface area contributed by atoms with E-state index in [1.165, 1.54) is 12.3 Å². The molecule has 0 saturated carbocycles. The Morgan fingerprint density at radius 3 is 3.12 bits per heavy atom. The first-order valence-corrected chi connectivity index (χ1v) is 6.47. The van der Waals surface area contributed by atoms with Crippen LogP contribution in [-0.4, -0.2) is 51.0 Å². The molecule has 3 N–H and O–H groups in total. The highest BCUT2D eigenvalue weighted by molar-refractivity contribution is 7.89. The molecule has 1 saturated heterocycles. The molecule has 8 heteroatoms. The van der Waals surface area contributed by atoms with E-state index in [-0.39, 0.29) is 11.1 Å². The number of ether oxygens (including phenoxy) is 1. The van der Waals surface area contributed by atoms with Gasteiger partial charge in [0.2, 0.25) is 0 Å². The van der Waals surface area contributed by atoms with Gasteiger partial charge in [-0.2, -0.15) is 5.10 Å². The molecule has 2 rings (SSSR count). The Morgan fingerprint density at radius 1 is 1.62 bits per heavy atom. The molecule has 0 aliphatic carbocycles. The van der Waals surface area contributed by atoms with Gasteiger partial charge >= 0.3 is 0 Å². The van der Waals surface area contributed by atoms with Crippen molar-refractivity contribution < 1.29 is 13.2 Å². The van der Waals surface area contributed by atoms with E-state index in [9.17, 15) is 8.42 Å². The van der Waals surface area contributed by atoms with E-state index in [1.807, 2.05) is 0 Å². The molecule has 0 amide bonds. The highest BCUT2D eigenvalue weighted by atomic mass is 32.2. The van der Waals surface area contributed by atoms with E-state index < -0.39 is 10.0 Å². The molecule has 1 aliphatic heterocycles. The molecular formula is C8H14N4O3S. The van der Waals surface area contributed by atoms with Crippen LogP contribution in [0.2, 0.25) is 0 Å². The zero-order valence-electron chi connectivity index (χ0n) is 8.64. The van der Waals surface area contributed by atoms with Crippen LogP contribution in [0.15, 0.2) is 17.3 Å². The van der Waals surface area contributed by atoms with Gasteiger partial charge < -0.3 is 10.1 Å². The highest BCUT2D eigenvalue weighted by Gasteiger charge is 2.19. The maximum atomic E-state index is 11.7. The molecule has 1 atom stereocenters. The van der Waals surface area contributed by atoms with E-state index in [2.05, 4.69) is 20.2 Å². The van der Waals surface area contributed by atoms with Gasteiger partial charge in [0.15, 0.2) is 5.03 Å². The lowest BCUT2D eigenvalue weighted by Gasteiger charge is -2.23. The summed E-state index contributed by atoms with van der Waals surface area (Å²) in [6.07, 6.45) is 1.40. The average Bonchev–Trinajstić information content (AvgIpc) is 2.82. The number of aromatic nitrogens is 2. The second-order valence-electron chi connectivity index (χ2n) is 3.50. The summed E-state index contributed by atoms with van der Waals surface area (Å²) in [6.45, 7) is 2.24. The van der Waals surface area contributed by atoms with Crippen molar-refractivity contribution in [2.75, 3.05) is 26.3 Å². The van der Waals surface area contributed by atoms with Crippen LogP contribution in [0.4, 0.5) is 0 Å². The number of rotatable bonds is 4. The van der Waals surface area contributed by atoms with E-state index in [0.717, 1.165) is 6.54 Å². The first-order chi connectivity index (χ1) is 7.68. The number of morpholine rings is 1. The SMILES string of the molecule is O=S(=O)(NCC1COCCN1)c1ccn[nH]1. The third-order valence-electron chi connectivity index (χ3n) is 2.28. The molecule has 0 radical (unpaired) electrons. The van der Waals surface area contributed by atoms with Crippen LogP contribution in [-0.2, 0) is 14.8 Å². The quantitative estimate of drug-likeness (QED) is 0.612. The number of aromatic amines is 1. The van der Waals surface area contributed by atoms with Gasteiger partial charge in [-0.25, -0.2) is 13.1 Å². The van der Waals surface area contributed by atoms with Crippen LogP contribution < -0.4 is 10.0 Å². The maximum absolute atomic E-state index is 11.7. The van der Waals surface area contributed by atoms with Crippen molar-refractivity contribution in [3.63, 3.8) is 0 Å². The molecule has 0 bridgehead atoms. The Morgan fingerprint density at radius 2 is 2.50 bits per heavy atom. The standard InChI is InChI=1S/C8H14N4O3S/c13-16(14,8-1-2-10-12-8)11-5-7-6-15-4-3-9-7/h1-2,7,9,11H,3-6H2,(H,10,12). The van der Waals surface area contributed by atoms with Gasteiger partial charge in [0.05, 0.1) is 19.4 Å². The summed E-state index contributed by atoms with van der Waals surface area (Å²) < 4.78 is 31.1. The Bertz CT molecular complexity index is 411. The lowest BCUT2D eigenvalue weighted by molar-refractivity contribution is 0.0784. The molecule has 90 valence electrons.